The number of fused-ring (bicyclic) bond motifs is 1. The maximum atomic E-state index is 10.4. The van der Waals surface area contributed by atoms with Crippen LogP contribution in [-0.2, 0) is 28.3 Å². The van der Waals surface area contributed by atoms with Crippen LogP contribution < -0.4 is 0 Å². The number of hydrogen-bond donors (Lipinski definition) is 0. The molecule has 0 atom stereocenters. The Morgan fingerprint density at radius 3 is 1.53 bits per heavy atom. The normalized spacial score (nSPS) is 29.5. The molecule has 0 unspecified atom stereocenters. The van der Waals surface area contributed by atoms with E-state index in [1.807, 2.05) is 12.1 Å². The largest absolute Gasteiger partial charge is 4.00 e. The van der Waals surface area contributed by atoms with Gasteiger partial charge in [0.1, 0.15) is 0 Å². The van der Waals surface area contributed by atoms with Gasteiger partial charge >= 0.3 is 21.7 Å². The first-order valence-electron chi connectivity index (χ1n) is 11.8. The predicted molar refractivity (Wildman–Crippen MR) is 141 cm³/mol. The van der Waals surface area contributed by atoms with Gasteiger partial charge in [-0.2, -0.15) is 0 Å². The van der Waals surface area contributed by atoms with E-state index in [4.69, 9.17) is 0 Å². The van der Waals surface area contributed by atoms with Crippen LogP contribution in [0.15, 0.2) is 24.3 Å². The second-order valence-corrected chi connectivity index (χ2v) is 9.90. The van der Waals surface area contributed by atoms with Crippen molar-refractivity contribution >= 4 is 5.84 Å². The summed E-state index contributed by atoms with van der Waals surface area (Å²) in [7, 11) is 0. The molecule has 2 fully saturated rings. The van der Waals surface area contributed by atoms with Crippen LogP contribution in [0.2, 0.25) is 0 Å². The Kier molecular flexibility index (Phi) is 16.1. The second kappa shape index (κ2) is 15.3. The Balaban J connectivity index is 0. The number of benzene rings is 1. The molecule has 2 nitrogen and oxygen atoms in total. The Morgan fingerprint density at radius 2 is 1.09 bits per heavy atom. The molecule has 0 spiro atoms. The number of rotatable bonds is 1. The van der Waals surface area contributed by atoms with Crippen molar-refractivity contribution in [3.8, 4) is 0 Å². The van der Waals surface area contributed by atoms with Crippen LogP contribution in [0.1, 0.15) is 90.7 Å². The van der Waals surface area contributed by atoms with E-state index in [-0.39, 0.29) is 44.0 Å². The quantitative estimate of drug-likeness (QED) is 0.296. The van der Waals surface area contributed by atoms with Crippen molar-refractivity contribution in [3.05, 3.63) is 63.1 Å². The standard InChI is InChI=1S/C16H21N2.C10H20.3CH3.Ti/c17-16-15-11-7-6-8-13(15)12-18(16)14-9-4-2-1-3-5-10-14;1-6-7(2)9(4)10(5)8(6)3;;;;/h6-8,11,14H,1-5,9-10,12H2;6-10H,1-5H3;3*1H3;/q-1;;3*-1;+4. The van der Waals surface area contributed by atoms with Gasteiger partial charge in [0.2, 0.25) is 0 Å². The molecule has 2 saturated carbocycles. The average molecular weight is 475 g/mol. The first-order chi connectivity index (χ1) is 13.4. The molecule has 0 saturated heterocycles. The van der Waals surface area contributed by atoms with Gasteiger partial charge in [-0.05, 0) is 53.3 Å². The topological polar surface area (TPSA) is 25.5 Å². The average Bonchev–Trinajstić information content (AvgIpc) is 3.09. The third-order valence-corrected chi connectivity index (χ3v) is 8.53. The van der Waals surface area contributed by atoms with Crippen molar-refractivity contribution in [1.29, 1.82) is 0 Å². The third-order valence-electron chi connectivity index (χ3n) is 8.53. The molecule has 1 aromatic carbocycles. The molecule has 180 valence electrons. The maximum Gasteiger partial charge on any atom is 4.00 e. The van der Waals surface area contributed by atoms with E-state index < -0.39 is 0 Å². The molecule has 2 aliphatic carbocycles. The minimum absolute atomic E-state index is 0. The van der Waals surface area contributed by atoms with Gasteiger partial charge in [-0.3, -0.25) is 0 Å². The minimum Gasteiger partial charge on any atom is -0.464 e. The van der Waals surface area contributed by atoms with Crippen molar-refractivity contribution in [3.63, 3.8) is 0 Å². The Hall–Kier alpha value is -0.596. The molecule has 0 N–H and O–H groups in total. The Bertz CT molecular complexity index is 605. The molecule has 3 aliphatic rings. The van der Waals surface area contributed by atoms with E-state index in [0.29, 0.717) is 11.9 Å². The van der Waals surface area contributed by atoms with Crippen molar-refractivity contribution < 1.29 is 21.7 Å². The molecule has 4 rings (SSSR count). The molecule has 3 heteroatoms. The zero-order valence-corrected chi connectivity index (χ0v) is 23.9. The number of nitrogens with zero attached hydrogens (tertiary/aromatic N) is 2. The van der Waals surface area contributed by atoms with Gasteiger partial charge in [-0.15, -0.1) is 0 Å². The van der Waals surface area contributed by atoms with Crippen LogP contribution in [0.4, 0.5) is 0 Å². The maximum absolute atomic E-state index is 10.4. The summed E-state index contributed by atoms with van der Waals surface area (Å²) in [5.74, 6) is 5.19. The minimum atomic E-state index is 0. The fourth-order valence-corrected chi connectivity index (χ4v) is 5.73. The van der Waals surface area contributed by atoms with Crippen LogP contribution in [0, 0.1) is 51.9 Å². The van der Waals surface area contributed by atoms with Crippen molar-refractivity contribution in [2.24, 2.45) is 29.6 Å². The monoisotopic (exact) mass is 474 g/mol. The van der Waals surface area contributed by atoms with Gasteiger partial charge in [-0.1, -0.05) is 110 Å². The first-order valence-corrected chi connectivity index (χ1v) is 11.8. The molecule has 0 amide bonds. The molecule has 1 aromatic rings. The van der Waals surface area contributed by atoms with E-state index in [2.05, 4.69) is 51.7 Å². The second-order valence-electron chi connectivity index (χ2n) is 9.90. The van der Waals surface area contributed by atoms with Crippen LogP contribution in [-0.4, -0.2) is 16.8 Å². The van der Waals surface area contributed by atoms with Crippen LogP contribution >= 0.6 is 0 Å². The number of hydrogen-bond acceptors (Lipinski definition) is 0. The van der Waals surface area contributed by atoms with Crippen LogP contribution in [0.25, 0.3) is 5.41 Å². The van der Waals surface area contributed by atoms with E-state index in [0.717, 1.165) is 41.7 Å². The molecule has 0 aromatic heterocycles. The molecule has 1 heterocycles. The molecule has 0 radical (unpaired) electrons. The zero-order chi connectivity index (χ0) is 20.3. The SMILES string of the molecule is CC1C(C)C(C)C(C)C1C.[CH3-].[CH3-].[CH3-].[N-]=C1c2ccccc2CN1C1CCCCCCC1.[Ti+4]. The van der Waals surface area contributed by atoms with Crippen molar-refractivity contribution in [2.75, 3.05) is 0 Å². The number of amidine groups is 1. The summed E-state index contributed by atoms with van der Waals surface area (Å²) in [6.07, 6.45) is 9.20. The summed E-state index contributed by atoms with van der Waals surface area (Å²) in [4.78, 5) is 2.23. The van der Waals surface area contributed by atoms with Gasteiger partial charge in [0.25, 0.3) is 0 Å². The van der Waals surface area contributed by atoms with Gasteiger partial charge < -0.3 is 32.6 Å². The molecule has 32 heavy (non-hydrogen) atoms. The molecule has 0 bridgehead atoms. The van der Waals surface area contributed by atoms with Crippen molar-refractivity contribution in [1.82, 2.24) is 4.90 Å². The van der Waals surface area contributed by atoms with Gasteiger partial charge in [0.15, 0.2) is 0 Å². The summed E-state index contributed by atoms with van der Waals surface area (Å²) in [5.41, 5.74) is 2.32. The summed E-state index contributed by atoms with van der Waals surface area (Å²) in [6, 6.07) is 8.78. The smallest absolute Gasteiger partial charge is 0.464 e. The summed E-state index contributed by atoms with van der Waals surface area (Å²) < 4.78 is 0. The summed E-state index contributed by atoms with van der Waals surface area (Å²) in [5, 5.41) is 10.4. The van der Waals surface area contributed by atoms with Gasteiger partial charge in [0.05, 0.1) is 0 Å². The summed E-state index contributed by atoms with van der Waals surface area (Å²) in [6.45, 7) is 12.9. The van der Waals surface area contributed by atoms with Gasteiger partial charge in [-0.25, -0.2) is 0 Å². The van der Waals surface area contributed by atoms with Crippen LogP contribution in [0.5, 0.6) is 0 Å². The van der Waals surface area contributed by atoms with E-state index in [1.165, 1.54) is 50.5 Å². The fourth-order valence-electron chi connectivity index (χ4n) is 5.73. The van der Waals surface area contributed by atoms with Crippen LogP contribution in [0.3, 0.4) is 0 Å². The zero-order valence-electron chi connectivity index (χ0n) is 22.3. The molecular weight excluding hydrogens is 424 g/mol. The fraction of sp³-hybridized carbons (Fsp3) is 0.655. The predicted octanol–water partition coefficient (Wildman–Crippen LogP) is 8.46. The summed E-state index contributed by atoms with van der Waals surface area (Å²) >= 11 is 0. The van der Waals surface area contributed by atoms with Crippen molar-refractivity contribution in [2.45, 2.75) is 92.2 Å². The van der Waals surface area contributed by atoms with E-state index in [1.54, 1.807) is 0 Å². The Labute approximate surface area is 216 Å². The van der Waals surface area contributed by atoms with E-state index >= 15 is 0 Å². The Morgan fingerprint density at radius 1 is 0.688 bits per heavy atom. The van der Waals surface area contributed by atoms with E-state index in [9.17, 15) is 5.41 Å². The first kappa shape index (κ1) is 33.6. The van der Waals surface area contributed by atoms with Gasteiger partial charge in [0, 0.05) is 0 Å². The molecule has 1 aliphatic heterocycles. The molecular formula is C29H50N2Ti. The third kappa shape index (κ3) is 7.46.